The summed E-state index contributed by atoms with van der Waals surface area (Å²) in [4.78, 5) is 15.6. The Morgan fingerprint density at radius 3 is 2.84 bits per heavy atom. The molecule has 0 radical (unpaired) electrons. The van der Waals surface area contributed by atoms with Crippen molar-refractivity contribution in [3.63, 3.8) is 0 Å². The zero-order valence-corrected chi connectivity index (χ0v) is 17.6. The van der Waals surface area contributed by atoms with Gasteiger partial charge < -0.3 is 14.2 Å². The van der Waals surface area contributed by atoms with E-state index < -0.39 is 6.29 Å². The maximum absolute atomic E-state index is 11.3. The van der Waals surface area contributed by atoms with Crippen molar-refractivity contribution in [2.24, 2.45) is 5.92 Å². The van der Waals surface area contributed by atoms with E-state index in [1.54, 1.807) is 6.20 Å². The third kappa shape index (κ3) is 5.19. The second kappa shape index (κ2) is 10.3. The Labute approximate surface area is 182 Å². The minimum atomic E-state index is -0.434. The molecule has 1 aliphatic rings. The van der Waals surface area contributed by atoms with Gasteiger partial charge in [-0.1, -0.05) is 60.7 Å². The normalized spacial score (nSPS) is 21.4. The van der Waals surface area contributed by atoms with Crippen LogP contribution < -0.4 is 0 Å². The van der Waals surface area contributed by atoms with Crippen LogP contribution in [-0.4, -0.2) is 24.7 Å². The molecule has 3 aromatic rings. The fraction of sp³-hybridized carbons (Fsp3) is 0.308. The first-order chi connectivity index (χ1) is 15.3. The van der Waals surface area contributed by atoms with Gasteiger partial charge in [0.1, 0.15) is 0 Å². The molecule has 1 fully saturated rings. The number of aromatic nitrogens is 1. The highest BCUT2D eigenvalue weighted by Crippen LogP contribution is 2.41. The first-order valence-electron chi connectivity index (χ1n) is 10.6. The number of esters is 1. The third-order valence-corrected chi connectivity index (χ3v) is 5.60. The topological polar surface area (TPSA) is 57.7 Å². The van der Waals surface area contributed by atoms with Gasteiger partial charge in [-0.05, 0) is 35.2 Å². The number of fused-ring (bicyclic) bond motifs is 1. The number of carbonyl (C=O) groups is 1. The molecule has 160 valence electrons. The lowest BCUT2D eigenvalue weighted by atomic mass is 9.92. The van der Waals surface area contributed by atoms with Crippen molar-refractivity contribution in [2.75, 3.05) is 13.7 Å². The highest BCUT2D eigenvalue weighted by atomic mass is 16.7. The standard InChI is InChI=1S/C26H27NO4/c1-29-24(28)15-4-2-3-10-21-18-30-26(31-25(21)20-12-8-16-27-17-20)23-14-7-11-19-9-5-6-13-22(19)23/h2-3,5-9,11-14,16-17,21,25-26H,4,10,15,18H2,1H3/b3-2-/t21-,25-,26+/m1/s1. The molecule has 0 amide bonds. The molecule has 0 saturated carbocycles. The van der Waals surface area contributed by atoms with Crippen LogP contribution in [0.1, 0.15) is 42.8 Å². The summed E-state index contributed by atoms with van der Waals surface area (Å²) >= 11 is 0. The van der Waals surface area contributed by atoms with Gasteiger partial charge in [0, 0.05) is 30.3 Å². The molecular weight excluding hydrogens is 390 g/mol. The number of carbonyl (C=O) groups excluding carboxylic acids is 1. The molecule has 1 aliphatic heterocycles. The van der Waals surface area contributed by atoms with Crippen molar-refractivity contribution in [3.8, 4) is 0 Å². The molecular formula is C26H27NO4. The second-order valence-electron chi connectivity index (χ2n) is 7.66. The third-order valence-electron chi connectivity index (χ3n) is 5.60. The largest absolute Gasteiger partial charge is 0.469 e. The Morgan fingerprint density at radius 1 is 1.13 bits per heavy atom. The van der Waals surface area contributed by atoms with Crippen LogP contribution in [0.2, 0.25) is 0 Å². The minimum absolute atomic E-state index is 0.128. The smallest absolute Gasteiger partial charge is 0.305 e. The zero-order valence-electron chi connectivity index (χ0n) is 17.6. The fourth-order valence-corrected chi connectivity index (χ4v) is 3.98. The van der Waals surface area contributed by atoms with Gasteiger partial charge in [-0.3, -0.25) is 9.78 Å². The van der Waals surface area contributed by atoms with Gasteiger partial charge in [-0.2, -0.15) is 0 Å². The maximum Gasteiger partial charge on any atom is 0.305 e. The summed E-state index contributed by atoms with van der Waals surface area (Å²) in [5.74, 6) is -0.0371. The summed E-state index contributed by atoms with van der Waals surface area (Å²) < 4.78 is 17.4. The van der Waals surface area contributed by atoms with E-state index in [9.17, 15) is 4.79 Å². The fourth-order valence-electron chi connectivity index (χ4n) is 3.98. The Hall–Kier alpha value is -3.02. The van der Waals surface area contributed by atoms with Crippen LogP contribution in [-0.2, 0) is 19.0 Å². The predicted octanol–water partition coefficient (Wildman–Crippen LogP) is 5.54. The lowest BCUT2D eigenvalue weighted by Crippen LogP contribution is -2.30. The van der Waals surface area contributed by atoms with E-state index in [1.807, 2.05) is 36.5 Å². The maximum atomic E-state index is 11.3. The average molecular weight is 418 g/mol. The van der Waals surface area contributed by atoms with Crippen molar-refractivity contribution in [1.29, 1.82) is 0 Å². The van der Waals surface area contributed by atoms with E-state index in [-0.39, 0.29) is 18.0 Å². The van der Waals surface area contributed by atoms with E-state index in [0.717, 1.165) is 22.9 Å². The van der Waals surface area contributed by atoms with Crippen molar-refractivity contribution in [1.82, 2.24) is 4.98 Å². The Balaban J connectivity index is 1.51. The average Bonchev–Trinajstić information content (AvgIpc) is 2.84. The number of pyridine rings is 1. The number of rotatable bonds is 7. The molecule has 31 heavy (non-hydrogen) atoms. The monoisotopic (exact) mass is 417 g/mol. The number of benzene rings is 2. The molecule has 0 aliphatic carbocycles. The zero-order chi connectivity index (χ0) is 21.5. The summed E-state index contributed by atoms with van der Waals surface area (Å²) in [6, 6.07) is 18.5. The first kappa shape index (κ1) is 21.2. The van der Waals surface area contributed by atoms with Gasteiger partial charge in [-0.25, -0.2) is 0 Å². The van der Waals surface area contributed by atoms with Crippen LogP contribution in [0, 0.1) is 5.92 Å². The van der Waals surface area contributed by atoms with E-state index >= 15 is 0 Å². The Kier molecular flexibility index (Phi) is 7.07. The molecule has 0 N–H and O–H groups in total. The molecule has 2 heterocycles. The van der Waals surface area contributed by atoms with Crippen LogP contribution in [0.3, 0.4) is 0 Å². The van der Waals surface area contributed by atoms with Crippen molar-refractivity contribution in [3.05, 3.63) is 90.3 Å². The quantitative estimate of drug-likeness (QED) is 0.373. The van der Waals surface area contributed by atoms with Crippen LogP contribution in [0.15, 0.2) is 79.1 Å². The van der Waals surface area contributed by atoms with Gasteiger partial charge in [0.25, 0.3) is 0 Å². The van der Waals surface area contributed by atoms with Gasteiger partial charge >= 0.3 is 5.97 Å². The highest BCUT2D eigenvalue weighted by molar-refractivity contribution is 5.85. The van der Waals surface area contributed by atoms with Gasteiger partial charge in [0.15, 0.2) is 6.29 Å². The summed E-state index contributed by atoms with van der Waals surface area (Å²) in [6.45, 7) is 0.578. The van der Waals surface area contributed by atoms with Crippen LogP contribution in [0.25, 0.3) is 10.8 Å². The van der Waals surface area contributed by atoms with Crippen molar-refractivity contribution in [2.45, 2.75) is 31.7 Å². The van der Waals surface area contributed by atoms with Crippen molar-refractivity contribution >= 4 is 16.7 Å². The summed E-state index contributed by atoms with van der Waals surface area (Å²) in [7, 11) is 1.41. The number of nitrogens with zero attached hydrogens (tertiary/aromatic N) is 1. The second-order valence-corrected chi connectivity index (χ2v) is 7.66. The lowest BCUT2D eigenvalue weighted by Gasteiger charge is -2.37. The number of hydrogen-bond acceptors (Lipinski definition) is 5. The van der Waals surface area contributed by atoms with E-state index in [1.165, 1.54) is 12.5 Å². The SMILES string of the molecule is COC(=O)CC/C=C\C[C@@H]1CO[C@H](c2cccc3ccccc23)O[C@@H]1c1cccnc1. The minimum Gasteiger partial charge on any atom is -0.469 e. The molecule has 5 nitrogen and oxygen atoms in total. The molecule has 0 unspecified atom stereocenters. The van der Waals surface area contributed by atoms with Crippen LogP contribution in [0.4, 0.5) is 0 Å². The molecule has 1 saturated heterocycles. The number of methoxy groups -OCH3 is 1. The van der Waals surface area contributed by atoms with Crippen molar-refractivity contribution < 1.29 is 19.0 Å². The summed E-state index contributed by atoms with van der Waals surface area (Å²) in [5.41, 5.74) is 2.09. The van der Waals surface area contributed by atoms with Gasteiger partial charge in [0.2, 0.25) is 0 Å². The summed E-state index contributed by atoms with van der Waals surface area (Å²) in [6.07, 6.45) is 9.04. The highest BCUT2D eigenvalue weighted by Gasteiger charge is 2.34. The molecule has 0 spiro atoms. The number of allylic oxidation sites excluding steroid dienone is 2. The van der Waals surface area contributed by atoms with Gasteiger partial charge in [0.05, 0.1) is 19.8 Å². The molecule has 0 bridgehead atoms. The number of ether oxygens (including phenoxy) is 3. The first-order valence-corrected chi connectivity index (χ1v) is 10.6. The Bertz CT molecular complexity index is 1030. The van der Waals surface area contributed by atoms with Crippen LogP contribution >= 0.6 is 0 Å². The van der Waals surface area contributed by atoms with E-state index in [4.69, 9.17) is 9.47 Å². The predicted molar refractivity (Wildman–Crippen MR) is 119 cm³/mol. The molecule has 1 aromatic heterocycles. The number of hydrogen-bond donors (Lipinski definition) is 0. The lowest BCUT2D eigenvalue weighted by molar-refractivity contribution is -0.243. The molecule has 5 heteroatoms. The van der Waals surface area contributed by atoms with E-state index in [2.05, 4.69) is 46.1 Å². The van der Waals surface area contributed by atoms with Crippen LogP contribution in [0.5, 0.6) is 0 Å². The van der Waals surface area contributed by atoms with Gasteiger partial charge in [-0.15, -0.1) is 0 Å². The molecule has 4 rings (SSSR count). The Morgan fingerprint density at radius 2 is 2.00 bits per heavy atom. The molecule has 3 atom stereocenters. The molecule has 2 aromatic carbocycles. The van der Waals surface area contributed by atoms with E-state index in [0.29, 0.717) is 19.4 Å². The summed E-state index contributed by atoms with van der Waals surface area (Å²) in [5, 5.41) is 2.31.